The highest BCUT2D eigenvalue weighted by Crippen LogP contribution is 2.31. The van der Waals surface area contributed by atoms with Crippen molar-refractivity contribution in [2.75, 3.05) is 4.90 Å². The molecule has 0 unspecified atom stereocenters. The Morgan fingerprint density at radius 2 is 2.03 bits per heavy atom. The third-order valence-electron chi connectivity index (χ3n) is 5.85. The molecule has 3 aromatic rings. The summed E-state index contributed by atoms with van der Waals surface area (Å²) in [7, 11) is 0. The molecule has 1 saturated carbocycles. The number of nitrogens with zero attached hydrogens (tertiary/aromatic N) is 4. The van der Waals surface area contributed by atoms with Crippen LogP contribution >= 0.6 is 11.5 Å². The van der Waals surface area contributed by atoms with Crippen LogP contribution in [0.2, 0.25) is 0 Å². The highest BCUT2D eigenvalue weighted by Gasteiger charge is 2.35. The van der Waals surface area contributed by atoms with Crippen molar-refractivity contribution in [3.05, 3.63) is 71.0 Å². The molecular weight excluding hydrogens is 422 g/mol. The van der Waals surface area contributed by atoms with E-state index in [0.717, 1.165) is 49.2 Å². The van der Waals surface area contributed by atoms with Crippen LogP contribution in [0.25, 0.3) is 0 Å². The van der Waals surface area contributed by atoms with Crippen LogP contribution in [-0.2, 0) is 11.2 Å². The summed E-state index contributed by atoms with van der Waals surface area (Å²) in [5.74, 6) is -0.567. The van der Waals surface area contributed by atoms with Crippen molar-refractivity contribution >= 4 is 29.0 Å². The van der Waals surface area contributed by atoms with Crippen molar-refractivity contribution in [2.45, 2.75) is 57.5 Å². The first-order valence-corrected chi connectivity index (χ1v) is 11.9. The molecule has 1 fully saturated rings. The highest BCUT2D eigenvalue weighted by molar-refractivity contribution is 7.03. The van der Waals surface area contributed by atoms with Crippen LogP contribution < -0.4 is 10.2 Å². The third-order valence-corrected chi connectivity index (χ3v) is 6.36. The van der Waals surface area contributed by atoms with E-state index in [1.807, 2.05) is 30.3 Å². The molecule has 4 rings (SSSR count). The SMILES string of the molecule is CCc1cccc(N(C(=O)c2csnn2)[C@@H](C(=O)NC2CCCCC2)c2cccnc2)c1. The van der Waals surface area contributed by atoms with Crippen molar-refractivity contribution in [1.29, 1.82) is 0 Å². The van der Waals surface area contributed by atoms with Gasteiger partial charge in [0.1, 0.15) is 6.04 Å². The lowest BCUT2D eigenvalue weighted by Crippen LogP contribution is -2.47. The van der Waals surface area contributed by atoms with Gasteiger partial charge in [0, 0.05) is 35.1 Å². The van der Waals surface area contributed by atoms with E-state index in [0.29, 0.717) is 11.3 Å². The van der Waals surface area contributed by atoms with E-state index >= 15 is 0 Å². The van der Waals surface area contributed by atoms with E-state index in [-0.39, 0.29) is 23.6 Å². The minimum Gasteiger partial charge on any atom is -0.351 e. The molecule has 32 heavy (non-hydrogen) atoms. The van der Waals surface area contributed by atoms with Gasteiger partial charge in [-0.05, 0) is 54.6 Å². The summed E-state index contributed by atoms with van der Waals surface area (Å²) in [4.78, 5) is 33.1. The standard InChI is InChI=1S/C24H27N5O2S/c1-2-17-8-6-12-20(14-17)29(24(31)21-16-32-28-27-21)22(18-9-7-13-25-15-18)23(30)26-19-10-4-3-5-11-19/h6-9,12-16,19,22H,2-5,10-11H2,1H3,(H,26,30)/t22-/m1/s1. The number of aromatic nitrogens is 3. The lowest BCUT2D eigenvalue weighted by molar-refractivity contribution is -0.123. The molecule has 1 aromatic carbocycles. The Hall–Kier alpha value is -3.13. The van der Waals surface area contributed by atoms with Gasteiger partial charge in [-0.1, -0.05) is 48.9 Å². The van der Waals surface area contributed by atoms with E-state index in [4.69, 9.17) is 0 Å². The van der Waals surface area contributed by atoms with Crippen molar-refractivity contribution in [3.63, 3.8) is 0 Å². The molecule has 0 radical (unpaired) electrons. The van der Waals surface area contributed by atoms with Crippen LogP contribution in [0.5, 0.6) is 0 Å². The number of carbonyl (C=O) groups excluding carboxylic acids is 2. The molecular formula is C24H27N5O2S. The maximum atomic E-state index is 13.7. The topological polar surface area (TPSA) is 88.1 Å². The van der Waals surface area contributed by atoms with Gasteiger partial charge in [-0.15, -0.1) is 5.10 Å². The van der Waals surface area contributed by atoms with Crippen LogP contribution in [0, 0.1) is 0 Å². The van der Waals surface area contributed by atoms with Crippen LogP contribution in [0.4, 0.5) is 5.69 Å². The Morgan fingerprint density at radius 1 is 1.19 bits per heavy atom. The number of anilines is 1. The first kappa shape index (κ1) is 22.1. The monoisotopic (exact) mass is 449 g/mol. The molecule has 8 heteroatoms. The largest absolute Gasteiger partial charge is 0.351 e. The number of benzene rings is 1. The van der Waals surface area contributed by atoms with Gasteiger partial charge in [0.05, 0.1) is 0 Å². The van der Waals surface area contributed by atoms with Crippen molar-refractivity contribution in [2.24, 2.45) is 0 Å². The van der Waals surface area contributed by atoms with Gasteiger partial charge in [-0.25, -0.2) is 0 Å². The minimum absolute atomic E-state index is 0.121. The maximum Gasteiger partial charge on any atom is 0.280 e. The van der Waals surface area contributed by atoms with Crippen molar-refractivity contribution in [3.8, 4) is 0 Å². The molecule has 1 atom stereocenters. The Bertz CT molecular complexity index is 1040. The van der Waals surface area contributed by atoms with Crippen LogP contribution in [0.1, 0.15) is 66.7 Å². The van der Waals surface area contributed by atoms with Crippen molar-refractivity contribution in [1.82, 2.24) is 19.9 Å². The predicted molar refractivity (Wildman–Crippen MR) is 125 cm³/mol. The zero-order valence-electron chi connectivity index (χ0n) is 18.1. The number of carbonyl (C=O) groups is 2. The molecule has 0 saturated heterocycles. The zero-order valence-corrected chi connectivity index (χ0v) is 18.9. The van der Waals surface area contributed by atoms with E-state index in [2.05, 4.69) is 26.8 Å². The highest BCUT2D eigenvalue weighted by atomic mass is 32.1. The normalized spacial score (nSPS) is 15.2. The molecule has 2 amide bonds. The Balaban J connectivity index is 1.78. The second-order valence-electron chi connectivity index (χ2n) is 8.02. The second-order valence-corrected chi connectivity index (χ2v) is 8.63. The molecule has 1 N–H and O–H groups in total. The zero-order chi connectivity index (χ0) is 22.3. The molecule has 0 bridgehead atoms. The lowest BCUT2D eigenvalue weighted by Gasteiger charge is -2.33. The molecule has 1 aliphatic carbocycles. The quantitative estimate of drug-likeness (QED) is 0.580. The van der Waals surface area contributed by atoms with Gasteiger partial charge in [0.2, 0.25) is 5.91 Å². The van der Waals surface area contributed by atoms with Gasteiger partial charge < -0.3 is 5.32 Å². The summed E-state index contributed by atoms with van der Waals surface area (Å²) in [6, 6.07) is 10.6. The minimum atomic E-state index is -0.869. The number of aryl methyl sites for hydroxylation is 1. The van der Waals surface area contributed by atoms with Crippen LogP contribution in [0.15, 0.2) is 54.2 Å². The van der Waals surface area contributed by atoms with E-state index in [9.17, 15) is 9.59 Å². The lowest BCUT2D eigenvalue weighted by atomic mass is 9.94. The van der Waals surface area contributed by atoms with Crippen LogP contribution in [-0.4, -0.2) is 32.4 Å². The first-order valence-electron chi connectivity index (χ1n) is 11.1. The Morgan fingerprint density at radius 3 is 2.72 bits per heavy atom. The molecule has 1 aliphatic rings. The molecule has 0 spiro atoms. The van der Waals surface area contributed by atoms with Crippen molar-refractivity contribution < 1.29 is 9.59 Å². The fourth-order valence-electron chi connectivity index (χ4n) is 4.17. The fourth-order valence-corrected chi connectivity index (χ4v) is 4.60. The number of pyridine rings is 1. The third kappa shape index (κ3) is 5.02. The number of nitrogens with one attached hydrogen (secondary N) is 1. The number of rotatable bonds is 7. The molecule has 2 aromatic heterocycles. The Labute approximate surface area is 192 Å². The average Bonchev–Trinajstić information content (AvgIpc) is 3.38. The van der Waals surface area contributed by atoms with E-state index in [1.54, 1.807) is 23.8 Å². The maximum absolute atomic E-state index is 13.7. The molecule has 2 heterocycles. The fraction of sp³-hybridized carbons (Fsp3) is 0.375. The summed E-state index contributed by atoms with van der Waals surface area (Å²) in [6.07, 6.45) is 9.45. The summed E-state index contributed by atoms with van der Waals surface area (Å²) in [5, 5.41) is 8.80. The van der Waals surface area contributed by atoms with E-state index in [1.165, 1.54) is 11.3 Å². The summed E-state index contributed by atoms with van der Waals surface area (Å²) < 4.78 is 3.85. The first-order chi connectivity index (χ1) is 15.7. The van der Waals surface area contributed by atoms with Gasteiger partial charge >= 0.3 is 0 Å². The number of hydrogen-bond acceptors (Lipinski definition) is 6. The van der Waals surface area contributed by atoms with Gasteiger partial charge in [-0.3, -0.25) is 19.5 Å². The van der Waals surface area contributed by atoms with Crippen LogP contribution in [0.3, 0.4) is 0 Å². The second kappa shape index (κ2) is 10.5. The average molecular weight is 450 g/mol. The van der Waals surface area contributed by atoms with Gasteiger partial charge in [0.25, 0.3) is 5.91 Å². The number of amides is 2. The number of hydrogen-bond donors (Lipinski definition) is 1. The van der Waals surface area contributed by atoms with E-state index < -0.39 is 6.04 Å². The summed E-state index contributed by atoms with van der Waals surface area (Å²) in [5.41, 5.74) is 2.60. The molecule has 0 aliphatic heterocycles. The summed E-state index contributed by atoms with van der Waals surface area (Å²) in [6.45, 7) is 2.06. The van der Waals surface area contributed by atoms with Gasteiger partial charge in [0.15, 0.2) is 5.69 Å². The molecule has 7 nitrogen and oxygen atoms in total. The molecule has 166 valence electrons. The smallest absolute Gasteiger partial charge is 0.280 e. The predicted octanol–water partition coefficient (Wildman–Crippen LogP) is 4.33. The Kier molecular flexibility index (Phi) is 7.21. The van der Waals surface area contributed by atoms with Gasteiger partial charge in [-0.2, -0.15) is 0 Å². The summed E-state index contributed by atoms with van der Waals surface area (Å²) >= 11 is 1.11.